The van der Waals surface area contributed by atoms with E-state index in [4.69, 9.17) is 9.47 Å². The van der Waals surface area contributed by atoms with E-state index in [0.29, 0.717) is 0 Å². The number of hydrogen-bond acceptors (Lipinski definition) is 2. The normalized spacial score (nSPS) is 11.9. The number of ether oxygens (including phenoxy) is 2. The van der Waals surface area contributed by atoms with Gasteiger partial charge in [0, 0.05) is 14.2 Å². The zero-order valence-corrected chi connectivity index (χ0v) is 19.8. The highest BCUT2D eigenvalue weighted by molar-refractivity contribution is 8.93. The van der Waals surface area contributed by atoms with Crippen LogP contribution in [0.2, 0.25) is 0 Å². The number of rotatable bonds is 8. The second kappa shape index (κ2) is 11.4. The van der Waals surface area contributed by atoms with Gasteiger partial charge in [-0.25, -0.2) is 0 Å². The lowest BCUT2D eigenvalue weighted by molar-refractivity contribution is -0.0747. The predicted octanol–water partition coefficient (Wildman–Crippen LogP) is 5.12. The number of allylic oxidation sites excluding steroid dienone is 1. The third-order valence-corrected chi connectivity index (χ3v) is 9.35. The van der Waals surface area contributed by atoms with E-state index in [1.165, 1.54) is 15.9 Å². The summed E-state index contributed by atoms with van der Waals surface area (Å²) in [5.74, 6) is 0. The van der Waals surface area contributed by atoms with Crippen molar-refractivity contribution in [3.63, 3.8) is 0 Å². The number of halogens is 1. The summed E-state index contributed by atoms with van der Waals surface area (Å²) in [4.78, 5) is 0. The highest BCUT2D eigenvalue weighted by Crippen LogP contribution is 2.55. The Bertz CT molecular complexity index is 782. The minimum absolute atomic E-state index is 0. The Labute approximate surface area is 185 Å². The summed E-state index contributed by atoms with van der Waals surface area (Å²) in [7, 11) is 1.50. The van der Waals surface area contributed by atoms with Crippen LogP contribution in [0.15, 0.2) is 103 Å². The molecule has 0 radical (unpaired) electrons. The smallest absolute Gasteiger partial charge is 0.178 e. The number of hydrogen-bond donors (Lipinski definition) is 0. The van der Waals surface area contributed by atoms with Crippen LogP contribution in [0.25, 0.3) is 0 Å². The third kappa shape index (κ3) is 5.24. The van der Waals surface area contributed by atoms with Crippen molar-refractivity contribution in [2.45, 2.75) is 13.2 Å². The van der Waals surface area contributed by atoms with Crippen LogP contribution in [0, 0.1) is 0 Å². The first-order valence-corrected chi connectivity index (χ1v) is 11.5. The van der Waals surface area contributed by atoms with Gasteiger partial charge in [-0.15, -0.1) is 17.0 Å². The zero-order valence-electron chi connectivity index (χ0n) is 17.2. The standard InChI is InChI=1S/C25H28O2P.BrH/c1-21(25(26-2)27-3)19-20-28(22-13-7-4-8-14-22,23-15-9-5-10-16-23)24-17-11-6-12-18-24;/h4-19,25H,20H2,1-3H3;1H/q+1;. The quantitative estimate of drug-likeness (QED) is 0.257. The van der Waals surface area contributed by atoms with Gasteiger partial charge in [0.15, 0.2) is 6.29 Å². The van der Waals surface area contributed by atoms with Crippen molar-refractivity contribution in [2.75, 3.05) is 20.4 Å². The molecule has 2 nitrogen and oxygen atoms in total. The molecule has 0 saturated heterocycles. The molecule has 0 aliphatic rings. The highest BCUT2D eigenvalue weighted by atomic mass is 79.9. The first-order chi connectivity index (χ1) is 13.7. The Hall–Kier alpha value is -1.77. The van der Waals surface area contributed by atoms with Gasteiger partial charge in [0.25, 0.3) is 0 Å². The Morgan fingerprint density at radius 1 is 0.724 bits per heavy atom. The lowest BCUT2D eigenvalue weighted by atomic mass is 10.3. The molecule has 152 valence electrons. The molecule has 3 rings (SSSR count). The van der Waals surface area contributed by atoms with Gasteiger partial charge >= 0.3 is 0 Å². The molecule has 0 unspecified atom stereocenters. The van der Waals surface area contributed by atoms with Gasteiger partial charge in [0.05, 0.1) is 6.16 Å². The molecule has 0 saturated carbocycles. The van der Waals surface area contributed by atoms with Crippen molar-refractivity contribution in [3.05, 3.63) is 103 Å². The molecule has 0 spiro atoms. The van der Waals surface area contributed by atoms with Crippen LogP contribution in [0.5, 0.6) is 0 Å². The molecule has 0 amide bonds. The lowest BCUT2D eigenvalue weighted by Gasteiger charge is -2.27. The van der Waals surface area contributed by atoms with Gasteiger partial charge in [-0.1, -0.05) is 54.6 Å². The molecule has 0 heterocycles. The van der Waals surface area contributed by atoms with E-state index in [9.17, 15) is 0 Å². The minimum Gasteiger partial charge on any atom is -0.352 e. The monoisotopic (exact) mass is 471 g/mol. The van der Waals surface area contributed by atoms with Crippen LogP contribution < -0.4 is 15.9 Å². The molecular weight excluding hydrogens is 443 g/mol. The highest BCUT2D eigenvalue weighted by Gasteiger charge is 2.44. The molecule has 0 bridgehead atoms. The van der Waals surface area contributed by atoms with E-state index in [1.54, 1.807) is 14.2 Å². The Morgan fingerprint density at radius 3 is 1.38 bits per heavy atom. The molecule has 0 aliphatic heterocycles. The third-order valence-electron chi connectivity index (χ3n) is 5.08. The van der Waals surface area contributed by atoms with Crippen LogP contribution in [0.3, 0.4) is 0 Å². The Balaban J connectivity index is 0.00000300. The first kappa shape index (κ1) is 23.5. The fraction of sp³-hybridized carbons (Fsp3) is 0.200. The van der Waals surface area contributed by atoms with Gasteiger partial charge in [0.2, 0.25) is 0 Å². The summed E-state index contributed by atoms with van der Waals surface area (Å²) in [6.07, 6.45) is 2.89. The van der Waals surface area contributed by atoms with Crippen LogP contribution >= 0.6 is 24.2 Å². The van der Waals surface area contributed by atoms with Crippen LogP contribution in [0.4, 0.5) is 0 Å². The van der Waals surface area contributed by atoms with E-state index in [0.717, 1.165) is 11.7 Å². The second-order valence-corrected chi connectivity index (χ2v) is 10.3. The molecule has 4 heteroatoms. The first-order valence-electron chi connectivity index (χ1n) is 9.49. The lowest BCUT2D eigenvalue weighted by Crippen LogP contribution is -2.33. The van der Waals surface area contributed by atoms with Gasteiger partial charge in [-0.3, -0.25) is 0 Å². The molecule has 0 atom stereocenters. The fourth-order valence-electron chi connectivity index (χ4n) is 3.66. The van der Waals surface area contributed by atoms with Crippen LogP contribution in [-0.2, 0) is 9.47 Å². The SMILES string of the molecule is Br.COC(OC)C(C)=CC[P+](c1ccccc1)(c1ccccc1)c1ccccc1. The maximum absolute atomic E-state index is 5.47. The van der Waals surface area contributed by atoms with Crippen molar-refractivity contribution < 1.29 is 9.47 Å². The van der Waals surface area contributed by atoms with Crippen molar-refractivity contribution in [1.29, 1.82) is 0 Å². The van der Waals surface area contributed by atoms with Crippen molar-refractivity contribution in [2.24, 2.45) is 0 Å². The summed E-state index contributed by atoms with van der Waals surface area (Å²) in [6.45, 7) is 2.08. The topological polar surface area (TPSA) is 18.5 Å². The largest absolute Gasteiger partial charge is 0.352 e. The van der Waals surface area contributed by atoms with Crippen molar-refractivity contribution in [1.82, 2.24) is 0 Å². The molecule has 0 aliphatic carbocycles. The zero-order chi connectivity index (χ0) is 19.8. The molecule has 0 N–H and O–H groups in total. The van der Waals surface area contributed by atoms with E-state index in [1.807, 2.05) is 0 Å². The van der Waals surface area contributed by atoms with Gasteiger partial charge < -0.3 is 9.47 Å². The maximum atomic E-state index is 5.47. The Kier molecular flexibility index (Phi) is 9.26. The van der Waals surface area contributed by atoms with Gasteiger partial charge in [-0.05, 0) is 55.0 Å². The number of benzene rings is 3. The molecule has 3 aromatic carbocycles. The second-order valence-electron chi connectivity index (χ2n) is 6.75. The molecule has 3 aromatic rings. The van der Waals surface area contributed by atoms with Gasteiger partial charge in [-0.2, -0.15) is 0 Å². The molecule has 0 aromatic heterocycles. The minimum atomic E-state index is -1.86. The molecule has 29 heavy (non-hydrogen) atoms. The summed E-state index contributed by atoms with van der Waals surface area (Å²) in [5, 5.41) is 4.13. The van der Waals surface area contributed by atoms with Gasteiger partial charge in [0.1, 0.15) is 23.2 Å². The summed E-state index contributed by atoms with van der Waals surface area (Å²) in [5.41, 5.74) is 1.09. The fourth-order valence-corrected chi connectivity index (χ4v) is 7.79. The van der Waals surface area contributed by atoms with Crippen LogP contribution in [0.1, 0.15) is 6.92 Å². The predicted molar refractivity (Wildman–Crippen MR) is 132 cm³/mol. The average molecular weight is 472 g/mol. The number of methoxy groups -OCH3 is 2. The van der Waals surface area contributed by atoms with Crippen molar-refractivity contribution in [3.8, 4) is 0 Å². The maximum Gasteiger partial charge on any atom is 0.178 e. The summed E-state index contributed by atoms with van der Waals surface area (Å²) in [6, 6.07) is 32.7. The van der Waals surface area contributed by atoms with Crippen LogP contribution in [-0.4, -0.2) is 26.7 Å². The Morgan fingerprint density at radius 2 is 1.07 bits per heavy atom. The van der Waals surface area contributed by atoms with E-state index >= 15 is 0 Å². The summed E-state index contributed by atoms with van der Waals surface area (Å²) >= 11 is 0. The average Bonchev–Trinajstić information content (AvgIpc) is 2.77. The summed E-state index contributed by atoms with van der Waals surface area (Å²) < 4.78 is 10.9. The van der Waals surface area contributed by atoms with E-state index in [-0.39, 0.29) is 23.3 Å². The van der Waals surface area contributed by atoms with E-state index in [2.05, 4.69) is 104 Å². The van der Waals surface area contributed by atoms with E-state index < -0.39 is 7.26 Å². The van der Waals surface area contributed by atoms with Crippen molar-refractivity contribution >= 4 is 40.2 Å². The molecule has 0 fully saturated rings. The molecular formula is C25H29BrO2P+.